The first-order valence-electron chi connectivity index (χ1n) is 10.1. The number of hydrogen-bond donors (Lipinski definition) is 0. The molecule has 3 heterocycles. The van der Waals surface area contributed by atoms with Crippen molar-refractivity contribution >= 4 is 29.1 Å². The van der Waals surface area contributed by atoms with Gasteiger partial charge in [0.2, 0.25) is 0 Å². The van der Waals surface area contributed by atoms with Crippen LogP contribution in [0.1, 0.15) is 16.2 Å². The number of carbonyl (C=O) groups is 1. The van der Waals surface area contributed by atoms with Crippen LogP contribution in [0.4, 0.5) is 11.6 Å². The summed E-state index contributed by atoms with van der Waals surface area (Å²) in [5, 5.41) is 0.518. The monoisotopic (exact) mass is 431 g/mol. The van der Waals surface area contributed by atoms with Gasteiger partial charge in [-0.05, 0) is 25.1 Å². The lowest BCUT2D eigenvalue weighted by atomic mass is 10.1. The molecule has 8 nitrogen and oxygen atoms in total. The molecule has 4 rings (SSSR count). The number of benzene rings is 1. The first-order chi connectivity index (χ1) is 14.5. The second kappa shape index (κ2) is 9.06. The second-order valence-electron chi connectivity index (χ2n) is 7.35. The molecule has 9 heteroatoms. The highest BCUT2D eigenvalue weighted by Gasteiger charge is 2.26. The molecule has 2 aliphatic heterocycles. The number of hydrogen-bond acceptors (Lipinski definition) is 7. The average molecular weight is 432 g/mol. The van der Waals surface area contributed by atoms with Crippen LogP contribution in [0.15, 0.2) is 24.3 Å². The highest BCUT2D eigenvalue weighted by atomic mass is 35.5. The first-order valence-corrected chi connectivity index (χ1v) is 10.5. The predicted octanol–water partition coefficient (Wildman–Crippen LogP) is 2.25. The summed E-state index contributed by atoms with van der Waals surface area (Å²) in [5.41, 5.74) is 0.492. The fourth-order valence-electron chi connectivity index (χ4n) is 3.81. The lowest BCUT2D eigenvalue weighted by Gasteiger charge is -2.36. The molecule has 2 aromatic rings. The highest BCUT2D eigenvalue weighted by molar-refractivity contribution is 6.31. The van der Waals surface area contributed by atoms with E-state index in [1.165, 1.54) is 0 Å². The Morgan fingerprint density at radius 3 is 2.27 bits per heavy atom. The number of rotatable bonds is 4. The van der Waals surface area contributed by atoms with Gasteiger partial charge >= 0.3 is 0 Å². The molecule has 0 N–H and O–H groups in total. The van der Waals surface area contributed by atoms with Crippen molar-refractivity contribution in [1.82, 2.24) is 14.9 Å². The van der Waals surface area contributed by atoms with Crippen LogP contribution in [0.2, 0.25) is 5.02 Å². The quantitative estimate of drug-likeness (QED) is 0.735. The van der Waals surface area contributed by atoms with Crippen molar-refractivity contribution in [1.29, 1.82) is 0 Å². The lowest BCUT2D eigenvalue weighted by Crippen LogP contribution is -2.49. The van der Waals surface area contributed by atoms with Gasteiger partial charge in [0.1, 0.15) is 23.2 Å². The van der Waals surface area contributed by atoms with Crippen LogP contribution in [0.25, 0.3) is 0 Å². The highest BCUT2D eigenvalue weighted by Crippen LogP contribution is 2.26. The van der Waals surface area contributed by atoms with E-state index in [4.69, 9.17) is 21.1 Å². The molecular formula is C21H26ClN5O3. The van der Waals surface area contributed by atoms with Gasteiger partial charge in [0.05, 0.1) is 25.9 Å². The standard InChI is InChI=1S/C21H26ClN5O3/c1-15-23-19(14-20(24-15)26-9-11-30-12-10-26)25-5-7-27(8-6-25)21(28)17-13-16(22)3-4-18(17)29-2/h3-4,13-14H,5-12H2,1-2H3. The zero-order valence-electron chi connectivity index (χ0n) is 17.3. The molecule has 0 spiro atoms. The zero-order chi connectivity index (χ0) is 21.1. The molecule has 1 aromatic heterocycles. The van der Waals surface area contributed by atoms with E-state index in [1.807, 2.05) is 17.9 Å². The third-order valence-corrected chi connectivity index (χ3v) is 5.66. The summed E-state index contributed by atoms with van der Waals surface area (Å²) in [4.78, 5) is 28.5. The number of morpholine rings is 1. The number of halogens is 1. The number of aryl methyl sites for hydroxylation is 1. The van der Waals surface area contributed by atoms with Crippen molar-refractivity contribution in [3.8, 4) is 5.75 Å². The first kappa shape index (κ1) is 20.7. The minimum absolute atomic E-state index is 0.0677. The molecule has 0 radical (unpaired) electrons. The Balaban J connectivity index is 1.45. The number of methoxy groups -OCH3 is 1. The Kier molecular flexibility index (Phi) is 6.24. The van der Waals surface area contributed by atoms with E-state index in [0.717, 1.165) is 30.5 Å². The van der Waals surface area contributed by atoms with Crippen molar-refractivity contribution in [3.05, 3.63) is 40.7 Å². The molecule has 2 aliphatic rings. The average Bonchev–Trinajstić information content (AvgIpc) is 2.79. The van der Waals surface area contributed by atoms with Crippen molar-refractivity contribution in [2.75, 3.05) is 69.4 Å². The maximum atomic E-state index is 13.0. The van der Waals surface area contributed by atoms with Crippen molar-refractivity contribution in [2.45, 2.75) is 6.92 Å². The van der Waals surface area contributed by atoms with Gasteiger partial charge in [0.25, 0.3) is 5.91 Å². The van der Waals surface area contributed by atoms with Crippen LogP contribution in [0, 0.1) is 6.92 Å². The number of anilines is 2. The fourth-order valence-corrected chi connectivity index (χ4v) is 3.98. The van der Waals surface area contributed by atoms with Crippen LogP contribution in [0.5, 0.6) is 5.75 Å². The number of aromatic nitrogens is 2. The number of carbonyl (C=O) groups excluding carboxylic acids is 1. The summed E-state index contributed by atoms with van der Waals surface area (Å²) in [6.07, 6.45) is 0. The smallest absolute Gasteiger partial charge is 0.257 e. The predicted molar refractivity (Wildman–Crippen MR) is 116 cm³/mol. The second-order valence-corrected chi connectivity index (χ2v) is 7.79. The molecule has 0 bridgehead atoms. The summed E-state index contributed by atoms with van der Waals surface area (Å²) in [6, 6.07) is 7.15. The normalized spacial score (nSPS) is 17.2. The van der Waals surface area contributed by atoms with Crippen LogP contribution in [-0.2, 0) is 4.74 Å². The third-order valence-electron chi connectivity index (χ3n) is 5.43. The summed E-state index contributed by atoms with van der Waals surface area (Å²) in [6.45, 7) is 7.62. The number of piperazine rings is 1. The van der Waals surface area contributed by atoms with E-state index < -0.39 is 0 Å². The number of ether oxygens (including phenoxy) is 2. The largest absolute Gasteiger partial charge is 0.496 e. The Hall–Kier alpha value is -2.58. The summed E-state index contributed by atoms with van der Waals surface area (Å²) in [7, 11) is 1.56. The zero-order valence-corrected chi connectivity index (χ0v) is 18.1. The van der Waals surface area contributed by atoms with Crippen LogP contribution in [-0.4, -0.2) is 80.4 Å². The van der Waals surface area contributed by atoms with Gasteiger partial charge in [-0.3, -0.25) is 4.79 Å². The van der Waals surface area contributed by atoms with Crippen molar-refractivity contribution in [3.63, 3.8) is 0 Å². The molecule has 0 aliphatic carbocycles. The van der Waals surface area contributed by atoms with Gasteiger partial charge in [-0.15, -0.1) is 0 Å². The summed E-state index contributed by atoms with van der Waals surface area (Å²) in [5.74, 6) is 3.05. The SMILES string of the molecule is COc1ccc(Cl)cc1C(=O)N1CCN(c2cc(N3CCOCC3)nc(C)n2)CC1. The van der Waals surface area contributed by atoms with Gasteiger partial charge in [-0.25, -0.2) is 9.97 Å². The Morgan fingerprint density at radius 1 is 1.00 bits per heavy atom. The van der Waals surface area contributed by atoms with Gasteiger partial charge in [0, 0.05) is 50.4 Å². The molecule has 160 valence electrons. The Bertz CT molecular complexity index is 912. The van der Waals surface area contributed by atoms with E-state index in [0.29, 0.717) is 55.7 Å². The molecule has 0 atom stereocenters. The third kappa shape index (κ3) is 4.44. The maximum absolute atomic E-state index is 13.0. The minimum Gasteiger partial charge on any atom is -0.496 e. The van der Waals surface area contributed by atoms with Crippen LogP contribution < -0.4 is 14.5 Å². The van der Waals surface area contributed by atoms with Crippen molar-refractivity contribution in [2.24, 2.45) is 0 Å². The van der Waals surface area contributed by atoms with E-state index in [1.54, 1.807) is 25.3 Å². The van der Waals surface area contributed by atoms with E-state index >= 15 is 0 Å². The van der Waals surface area contributed by atoms with Gasteiger partial charge in [-0.2, -0.15) is 0 Å². The topological polar surface area (TPSA) is 71.0 Å². The number of nitrogens with zero attached hydrogens (tertiary/aromatic N) is 5. The van der Waals surface area contributed by atoms with Gasteiger partial charge < -0.3 is 24.2 Å². The minimum atomic E-state index is -0.0677. The Morgan fingerprint density at radius 2 is 1.63 bits per heavy atom. The Labute approximate surface area is 181 Å². The summed E-state index contributed by atoms with van der Waals surface area (Å²) < 4.78 is 10.8. The molecule has 0 unspecified atom stereocenters. The molecule has 0 saturated carbocycles. The van der Waals surface area contributed by atoms with Gasteiger partial charge in [0.15, 0.2) is 0 Å². The maximum Gasteiger partial charge on any atom is 0.257 e. The molecule has 1 amide bonds. The van der Waals surface area contributed by atoms with Crippen molar-refractivity contribution < 1.29 is 14.3 Å². The molecular weight excluding hydrogens is 406 g/mol. The molecule has 30 heavy (non-hydrogen) atoms. The number of amides is 1. The molecule has 2 saturated heterocycles. The van der Waals surface area contributed by atoms with E-state index in [9.17, 15) is 4.79 Å². The van der Waals surface area contributed by atoms with Gasteiger partial charge in [-0.1, -0.05) is 11.6 Å². The van der Waals surface area contributed by atoms with Crippen LogP contribution in [0.3, 0.4) is 0 Å². The lowest BCUT2D eigenvalue weighted by molar-refractivity contribution is 0.0743. The van der Waals surface area contributed by atoms with E-state index in [2.05, 4.69) is 19.8 Å². The summed E-state index contributed by atoms with van der Waals surface area (Å²) >= 11 is 6.09. The van der Waals surface area contributed by atoms with Crippen LogP contribution >= 0.6 is 11.6 Å². The molecule has 2 fully saturated rings. The van der Waals surface area contributed by atoms with E-state index in [-0.39, 0.29) is 5.91 Å². The molecule has 1 aromatic carbocycles. The fraction of sp³-hybridized carbons (Fsp3) is 0.476.